The second kappa shape index (κ2) is 9.88. The molecule has 1 aliphatic carbocycles. The van der Waals surface area contributed by atoms with E-state index in [0.29, 0.717) is 39.2 Å². The Morgan fingerprint density at radius 1 is 0.963 bits per heavy atom. The topological polar surface area (TPSA) is 30.5 Å². The Labute approximate surface area is 175 Å². The zero-order valence-electron chi connectivity index (χ0n) is 15.4. The average Bonchev–Trinajstić information content (AvgIpc) is 3.16. The molecule has 2 aromatic carbocycles. The molecule has 0 aliphatic heterocycles. The third-order valence-corrected chi connectivity index (χ3v) is 5.84. The minimum absolute atomic E-state index is 0.245. The molecule has 1 N–H and O–H groups in total. The molecule has 0 spiro atoms. The predicted octanol–water partition coefficient (Wildman–Crippen LogP) is 6.66. The largest absolute Gasteiger partial charge is 0.490 e. The highest BCUT2D eigenvalue weighted by atomic mass is 35.5. The normalized spacial score (nSPS) is 14.5. The Morgan fingerprint density at radius 3 is 2.30 bits per heavy atom. The van der Waals surface area contributed by atoms with Gasteiger partial charge in [0.25, 0.3) is 0 Å². The number of ether oxygens (including phenoxy) is 2. The highest BCUT2D eigenvalue weighted by molar-refractivity contribution is 6.36. The highest BCUT2D eigenvalue weighted by Crippen LogP contribution is 2.35. The third kappa shape index (κ3) is 5.45. The number of hydrogen-bond donors (Lipinski definition) is 1. The van der Waals surface area contributed by atoms with Gasteiger partial charge in [-0.3, -0.25) is 0 Å². The average molecular weight is 429 g/mol. The van der Waals surface area contributed by atoms with E-state index >= 15 is 0 Å². The molecule has 0 saturated heterocycles. The van der Waals surface area contributed by atoms with Crippen molar-refractivity contribution in [1.82, 2.24) is 5.32 Å². The van der Waals surface area contributed by atoms with Crippen molar-refractivity contribution in [2.45, 2.75) is 51.8 Å². The second-order valence-electron chi connectivity index (χ2n) is 6.67. The Hall–Kier alpha value is -1.13. The van der Waals surface area contributed by atoms with Crippen LogP contribution in [0.4, 0.5) is 0 Å². The molecule has 2 aromatic rings. The molecule has 146 valence electrons. The molecule has 1 fully saturated rings. The summed E-state index contributed by atoms with van der Waals surface area (Å²) in [6, 6.07) is 9.74. The van der Waals surface area contributed by atoms with Crippen LogP contribution >= 0.6 is 34.8 Å². The van der Waals surface area contributed by atoms with Gasteiger partial charge >= 0.3 is 0 Å². The fourth-order valence-corrected chi connectivity index (χ4v) is 4.03. The van der Waals surface area contributed by atoms with Crippen LogP contribution in [0.3, 0.4) is 0 Å². The van der Waals surface area contributed by atoms with Crippen molar-refractivity contribution < 1.29 is 9.47 Å². The maximum Gasteiger partial charge on any atom is 0.163 e. The standard InChI is InChI=1S/C21H24Cl3NO2/c1-2-26-20-10-14(12-25-15-6-3-4-7-15)19(24)11-21(20)27-13-16-17(22)8-5-9-18(16)23/h5,8-11,15,25H,2-4,6-7,12-13H2,1H3. The van der Waals surface area contributed by atoms with Crippen molar-refractivity contribution >= 4 is 34.8 Å². The summed E-state index contributed by atoms with van der Waals surface area (Å²) in [7, 11) is 0. The third-order valence-electron chi connectivity index (χ3n) is 4.78. The van der Waals surface area contributed by atoms with Gasteiger partial charge in [-0.15, -0.1) is 0 Å². The fraction of sp³-hybridized carbons (Fsp3) is 0.429. The molecule has 0 atom stereocenters. The lowest BCUT2D eigenvalue weighted by molar-refractivity contribution is 0.269. The fourth-order valence-electron chi connectivity index (χ4n) is 3.30. The van der Waals surface area contributed by atoms with Gasteiger partial charge in [0.05, 0.1) is 6.61 Å². The van der Waals surface area contributed by atoms with E-state index in [4.69, 9.17) is 44.3 Å². The Bertz CT molecular complexity index is 756. The molecule has 3 nitrogen and oxygen atoms in total. The van der Waals surface area contributed by atoms with E-state index in [1.54, 1.807) is 12.1 Å². The predicted molar refractivity (Wildman–Crippen MR) is 113 cm³/mol. The van der Waals surface area contributed by atoms with Gasteiger partial charge in [-0.05, 0) is 43.5 Å². The first-order chi connectivity index (χ1) is 13.1. The van der Waals surface area contributed by atoms with Crippen LogP contribution in [0, 0.1) is 0 Å². The number of rotatable bonds is 8. The van der Waals surface area contributed by atoms with Crippen molar-refractivity contribution in [3.8, 4) is 11.5 Å². The van der Waals surface area contributed by atoms with Crippen molar-refractivity contribution in [3.05, 3.63) is 56.5 Å². The van der Waals surface area contributed by atoms with Gasteiger partial charge in [0.15, 0.2) is 11.5 Å². The van der Waals surface area contributed by atoms with Gasteiger partial charge in [-0.25, -0.2) is 0 Å². The van der Waals surface area contributed by atoms with Crippen molar-refractivity contribution in [2.24, 2.45) is 0 Å². The molecule has 3 rings (SSSR count). The van der Waals surface area contributed by atoms with Crippen LogP contribution in [0.15, 0.2) is 30.3 Å². The summed E-state index contributed by atoms with van der Waals surface area (Å²) in [5, 5.41) is 5.39. The molecule has 1 saturated carbocycles. The van der Waals surface area contributed by atoms with Crippen LogP contribution in [0.2, 0.25) is 15.1 Å². The lowest BCUT2D eigenvalue weighted by Crippen LogP contribution is -2.25. The molecule has 0 heterocycles. The molecule has 0 aromatic heterocycles. The van der Waals surface area contributed by atoms with E-state index in [2.05, 4.69) is 5.32 Å². The molecule has 27 heavy (non-hydrogen) atoms. The van der Waals surface area contributed by atoms with Crippen molar-refractivity contribution in [3.63, 3.8) is 0 Å². The van der Waals surface area contributed by atoms with Crippen LogP contribution in [-0.2, 0) is 13.2 Å². The second-order valence-corrected chi connectivity index (χ2v) is 7.90. The van der Waals surface area contributed by atoms with Crippen LogP contribution in [-0.4, -0.2) is 12.6 Å². The molecule has 1 aliphatic rings. The molecule has 0 amide bonds. The number of hydrogen-bond acceptors (Lipinski definition) is 3. The smallest absolute Gasteiger partial charge is 0.163 e. The minimum atomic E-state index is 0.245. The van der Waals surface area contributed by atoms with E-state index in [-0.39, 0.29) is 6.61 Å². The van der Waals surface area contributed by atoms with Crippen molar-refractivity contribution in [2.75, 3.05) is 6.61 Å². The monoisotopic (exact) mass is 427 g/mol. The van der Waals surface area contributed by atoms with E-state index in [1.165, 1.54) is 25.7 Å². The minimum Gasteiger partial charge on any atom is -0.490 e. The summed E-state index contributed by atoms with van der Waals surface area (Å²) < 4.78 is 11.7. The van der Waals surface area contributed by atoms with E-state index in [9.17, 15) is 0 Å². The summed E-state index contributed by atoms with van der Waals surface area (Å²) in [4.78, 5) is 0. The van der Waals surface area contributed by atoms with Crippen molar-refractivity contribution in [1.29, 1.82) is 0 Å². The first-order valence-electron chi connectivity index (χ1n) is 9.32. The van der Waals surface area contributed by atoms with Crippen LogP contribution in [0.1, 0.15) is 43.7 Å². The number of benzene rings is 2. The molecular formula is C21H24Cl3NO2. The first-order valence-corrected chi connectivity index (χ1v) is 10.5. The molecule has 6 heteroatoms. The SMILES string of the molecule is CCOc1cc(CNC2CCCC2)c(Cl)cc1OCc1c(Cl)cccc1Cl. The van der Waals surface area contributed by atoms with E-state index in [0.717, 1.165) is 17.7 Å². The van der Waals surface area contributed by atoms with Gasteiger partial charge in [-0.2, -0.15) is 0 Å². The van der Waals surface area contributed by atoms with Crippen LogP contribution < -0.4 is 14.8 Å². The van der Waals surface area contributed by atoms with Gasteiger partial charge in [0.1, 0.15) is 6.61 Å². The van der Waals surface area contributed by atoms with E-state index in [1.807, 2.05) is 25.1 Å². The lowest BCUT2D eigenvalue weighted by Gasteiger charge is -2.17. The van der Waals surface area contributed by atoms with Gasteiger partial charge in [-0.1, -0.05) is 53.7 Å². The van der Waals surface area contributed by atoms with Crippen LogP contribution in [0.25, 0.3) is 0 Å². The van der Waals surface area contributed by atoms with E-state index < -0.39 is 0 Å². The molecule has 0 bridgehead atoms. The first kappa shape index (κ1) is 20.6. The quantitative estimate of drug-likeness (QED) is 0.510. The summed E-state index contributed by atoms with van der Waals surface area (Å²) >= 11 is 19.0. The van der Waals surface area contributed by atoms with Gasteiger partial charge in [0.2, 0.25) is 0 Å². The molecular weight excluding hydrogens is 405 g/mol. The zero-order chi connectivity index (χ0) is 19.2. The summed E-state index contributed by atoms with van der Waals surface area (Å²) in [6.07, 6.45) is 5.06. The summed E-state index contributed by atoms with van der Waals surface area (Å²) in [5.41, 5.74) is 1.75. The van der Waals surface area contributed by atoms with Crippen LogP contribution in [0.5, 0.6) is 11.5 Å². The maximum atomic E-state index is 6.50. The summed E-state index contributed by atoms with van der Waals surface area (Å²) in [5.74, 6) is 1.26. The summed E-state index contributed by atoms with van der Waals surface area (Å²) in [6.45, 7) is 3.45. The van der Waals surface area contributed by atoms with Gasteiger partial charge < -0.3 is 14.8 Å². The maximum absolute atomic E-state index is 6.50. The number of halogens is 3. The highest BCUT2D eigenvalue weighted by Gasteiger charge is 2.17. The lowest BCUT2D eigenvalue weighted by atomic mass is 10.1. The van der Waals surface area contributed by atoms with Gasteiger partial charge in [0, 0.05) is 39.3 Å². The number of nitrogens with one attached hydrogen (secondary N) is 1. The Morgan fingerprint density at radius 2 is 1.63 bits per heavy atom. The molecule has 0 radical (unpaired) electrons. The Balaban J connectivity index is 1.74. The zero-order valence-corrected chi connectivity index (χ0v) is 17.6. The Kier molecular flexibility index (Phi) is 7.54. The molecule has 0 unspecified atom stereocenters.